The largest absolute Gasteiger partial charge is 0.507 e. The van der Waals surface area contributed by atoms with Gasteiger partial charge in [-0.05, 0) is 24.3 Å². The van der Waals surface area contributed by atoms with E-state index in [1.807, 2.05) is 0 Å². The van der Waals surface area contributed by atoms with Crippen LogP contribution < -0.4 is 9.47 Å². The van der Waals surface area contributed by atoms with Crippen LogP contribution >= 0.6 is 11.6 Å². The SMILES string of the molecule is CCS(=O)(=O)c1c(-c2nc3cc4c(cc3n2C)OC(F)(F)C(F)(F)O4)nc(-c2ccc(Cl)cc2)n1C. The molecule has 0 saturated carbocycles. The monoisotopic (exact) mass is 544 g/mol. The maximum Gasteiger partial charge on any atom is 0.507 e. The Morgan fingerprint density at radius 1 is 0.917 bits per heavy atom. The van der Waals surface area contributed by atoms with Crippen molar-refractivity contribution in [2.75, 3.05) is 5.75 Å². The first-order chi connectivity index (χ1) is 16.8. The van der Waals surface area contributed by atoms with E-state index in [0.29, 0.717) is 16.4 Å². The van der Waals surface area contributed by atoms with Crippen molar-refractivity contribution < 1.29 is 35.5 Å². The molecule has 0 radical (unpaired) electrons. The van der Waals surface area contributed by atoms with E-state index in [1.54, 1.807) is 24.3 Å². The highest BCUT2D eigenvalue weighted by Crippen LogP contribution is 2.48. The van der Waals surface area contributed by atoms with Crippen LogP contribution in [0.25, 0.3) is 33.9 Å². The topological polar surface area (TPSA) is 88.2 Å². The van der Waals surface area contributed by atoms with Crippen molar-refractivity contribution in [3.63, 3.8) is 0 Å². The summed E-state index contributed by atoms with van der Waals surface area (Å²) in [6.45, 7) is 1.48. The fourth-order valence-electron chi connectivity index (χ4n) is 3.95. The standard InChI is InChI=1S/C22H17ClF4N4O4S/c1-4-36(32,33)20-17(29-18(31(20)3)11-5-7-12(23)8-6-11)19-28-13-9-15-16(10-14(13)30(19)2)35-22(26,27)21(24,25)34-15/h5-10H,4H2,1-3H3. The van der Waals surface area contributed by atoms with Gasteiger partial charge >= 0.3 is 12.2 Å². The van der Waals surface area contributed by atoms with Crippen LogP contribution in [0.1, 0.15) is 6.92 Å². The Balaban J connectivity index is 1.74. The minimum Gasteiger partial charge on any atom is -0.421 e. The number of aromatic nitrogens is 4. The second-order valence-electron chi connectivity index (χ2n) is 8.08. The second-order valence-corrected chi connectivity index (χ2v) is 10.7. The van der Waals surface area contributed by atoms with Crippen LogP contribution in [0, 0.1) is 0 Å². The van der Waals surface area contributed by atoms with Gasteiger partial charge in [0, 0.05) is 36.8 Å². The molecule has 0 unspecified atom stereocenters. The second kappa shape index (κ2) is 7.84. The van der Waals surface area contributed by atoms with Crippen molar-refractivity contribution in [1.82, 2.24) is 19.1 Å². The van der Waals surface area contributed by atoms with Crippen LogP contribution in [0.4, 0.5) is 17.6 Å². The van der Waals surface area contributed by atoms with Crippen molar-refractivity contribution in [3.05, 3.63) is 41.4 Å². The molecule has 4 aromatic rings. The summed E-state index contributed by atoms with van der Waals surface area (Å²) in [5.74, 6) is -1.10. The summed E-state index contributed by atoms with van der Waals surface area (Å²) in [5, 5.41) is 0.359. The zero-order valence-electron chi connectivity index (χ0n) is 18.9. The molecular formula is C22H17ClF4N4O4S. The molecule has 8 nitrogen and oxygen atoms in total. The van der Waals surface area contributed by atoms with E-state index in [0.717, 1.165) is 12.1 Å². The Kier molecular flexibility index (Phi) is 5.31. The van der Waals surface area contributed by atoms with Crippen LogP contribution in [0.2, 0.25) is 5.02 Å². The summed E-state index contributed by atoms with van der Waals surface area (Å²) in [6.07, 6.45) is -9.77. The van der Waals surface area contributed by atoms with Gasteiger partial charge in [0.2, 0.25) is 0 Å². The summed E-state index contributed by atoms with van der Waals surface area (Å²) in [7, 11) is -0.786. The van der Waals surface area contributed by atoms with Gasteiger partial charge in [-0.2, -0.15) is 17.6 Å². The number of halogens is 5. The van der Waals surface area contributed by atoms with E-state index in [4.69, 9.17) is 11.6 Å². The zero-order valence-corrected chi connectivity index (χ0v) is 20.5. The highest BCUT2D eigenvalue weighted by Gasteiger charge is 2.66. The Hall–Kier alpha value is -3.32. The highest BCUT2D eigenvalue weighted by molar-refractivity contribution is 7.91. The van der Waals surface area contributed by atoms with E-state index in [1.165, 1.54) is 30.2 Å². The molecule has 0 atom stereocenters. The van der Waals surface area contributed by atoms with Crippen molar-refractivity contribution >= 4 is 32.5 Å². The Morgan fingerprint density at radius 3 is 2.08 bits per heavy atom. The number of sulfone groups is 1. The van der Waals surface area contributed by atoms with E-state index >= 15 is 0 Å². The number of hydrogen-bond acceptors (Lipinski definition) is 6. The van der Waals surface area contributed by atoms with Crippen LogP contribution in [0.15, 0.2) is 41.4 Å². The van der Waals surface area contributed by atoms with Crippen molar-refractivity contribution in [3.8, 4) is 34.4 Å². The molecule has 5 rings (SSSR count). The number of nitrogens with zero attached hydrogens (tertiary/aromatic N) is 4. The van der Waals surface area contributed by atoms with Gasteiger partial charge in [-0.1, -0.05) is 18.5 Å². The quantitative estimate of drug-likeness (QED) is 0.334. The minimum absolute atomic E-state index is 0.00142. The first kappa shape index (κ1) is 24.4. The van der Waals surface area contributed by atoms with Gasteiger partial charge in [0.05, 0.1) is 16.8 Å². The predicted molar refractivity (Wildman–Crippen MR) is 122 cm³/mol. The zero-order chi connectivity index (χ0) is 26.2. The first-order valence-electron chi connectivity index (χ1n) is 10.5. The maximum absolute atomic E-state index is 13.7. The molecule has 0 spiro atoms. The molecular weight excluding hydrogens is 528 g/mol. The van der Waals surface area contributed by atoms with Crippen LogP contribution in [-0.4, -0.2) is 45.5 Å². The summed E-state index contributed by atoms with van der Waals surface area (Å²) in [4.78, 5) is 8.93. The molecule has 1 aliphatic heterocycles. The number of benzene rings is 2. The molecule has 0 aliphatic carbocycles. The minimum atomic E-state index is -4.89. The molecule has 3 heterocycles. The fraction of sp³-hybridized carbons (Fsp3) is 0.273. The van der Waals surface area contributed by atoms with Crippen molar-refractivity contribution in [2.24, 2.45) is 14.1 Å². The summed E-state index contributed by atoms with van der Waals surface area (Å²) in [5.41, 5.74) is 0.862. The number of aryl methyl sites for hydroxylation is 1. The molecule has 0 saturated heterocycles. The molecule has 0 bridgehead atoms. The van der Waals surface area contributed by atoms with Crippen LogP contribution in [0.3, 0.4) is 0 Å². The van der Waals surface area contributed by atoms with Crippen molar-refractivity contribution in [2.45, 2.75) is 24.2 Å². The molecule has 0 N–H and O–H groups in total. The maximum atomic E-state index is 13.7. The van der Waals surface area contributed by atoms with E-state index in [-0.39, 0.29) is 33.3 Å². The van der Waals surface area contributed by atoms with Gasteiger partial charge in [-0.15, -0.1) is 0 Å². The number of ether oxygens (including phenoxy) is 2. The van der Waals surface area contributed by atoms with Gasteiger partial charge < -0.3 is 18.6 Å². The lowest BCUT2D eigenvalue weighted by atomic mass is 10.2. The molecule has 190 valence electrons. The lowest BCUT2D eigenvalue weighted by Gasteiger charge is -2.31. The van der Waals surface area contributed by atoms with Crippen LogP contribution in [0.5, 0.6) is 11.5 Å². The lowest BCUT2D eigenvalue weighted by molar-refractivity contribution is -0.391. The smallest absolute Gasteiger partial charge is 0.421 e. The summed E-state index contributed by atoms with van der Waals surface area (Å²) >= 11 is 5.97. The first-order valence-corrected chi connectivity index (χ1v) is 12.5. The van der Waals surface area contributed by atoms with Gasteiger partial charge in [0.15, 0.2) is 32.2 Å². The lowest BCUT2D eigenvalue weighted by Crippen LogP contribution is -2.52. The molecule has 2 aromatic carbocycles. The Labute approximate surface area is 207 Å². The normalized spacial score (nSPS) is 16.4. The summed E-state index contributed by atoms with van der Waals surface area (Å²) < 4.78 is 92.1. The number of alkyl halides is 4. The molecule has 0 fully saturated rings. The molecule has 36 heavy (non-hydrogen) atoms. The Bertz CT molecular complexity index is 1630. The van der Waals surface area contributed by atoms with Gasteiger partial charge in [0.1, 0.15) is 11.5 Å². The van der Waals surface area contributed by atoms with E-state index in [2.05, 4.69) is 19.4 Å². The summed E-state index contributed by atoms with van der Waals surface area (Å²) in [6, 6.07) is 8.70. The number of hydrogen-bond donors (Lipinski definition) is 0. The van der Waals surface area contributed by atoms with Crippen LogP contribution in [-0.2, 0) is 23.9 Å². The van der Waals surface area contributed by atoms with Gasteiger partial charge in [-0.25, -0.2) is 18.4 Å². The molecule has 0 amide bonds. The third kappa shape index (κ3) is 3.60. The predicted octanol–water partition coefficient (Wildman–Crippen LogP) is 5.04. The average molecular weight is 545 g/mol. The third-order valence-electron chi connectivity index (χ3n) is 5.79. The van der Waals surface area contributed by atoms with Gasteiger partial charge in [0.25, 0.3) is 0 Å². The number of imidazole rings is 2. The van der Waals surface area contributed by atoms with E-state index in [9.17, 15) is 26.0 Å². The molecule has 2 aromatic heterocycles. The Morgan fingerprint density at radius 2 is 1.50 bits per heavy atom. The fourth-order valence-corrected chi connectivity index (χ4v) is 5.28. The average Bonchev–Trinajstić information content (AvgIpc) is 3.30. The highest BCUT2D eigenvalue weighted by atomic mass is 35.5. The molecule has 1 aliphatic rings. The third-order valence-corrected chi connectivity index (χ3v) is 7.86. The van der Waals surface area contributed by atoms with E-state index < -0.39 is 33.6 Å². The van der Waals surface area contributed by atoms with Gasteiger partial charge in [-0.3, -0.25) is 0 Å². The number of rotatable bonds is 4. The number of fused-ring (bicyclic) bond motifs is 2. The van der Waals surface area contributed by atoms with Crippen molar-refractivity contribution in [1.29, 1.82) is 0 Å². The molecule has 14 heteroatoms.